The molecular weight excluding hydrogens is 287 g/mol. The van der Waals surface area contributed by atoms with E-state index in [2.05, 4.69) is 0 Å². The van der Waals surface area contributed by atoms with Gasteiger partial charge in [-0.2, -0.15) is 0 Å². The van der Waals surface area contributed by atoms with Crippen LogP contribution >= 0.6 is 0 Å². The third kappa shape index (κ3) is 3.75. The molecule has 1 aromatic carbocycles. The molecule has 1 aromatic rings. The summed E-state index contributed by atoms with van der Waals surface area (Å²) >= 11 is 0. The van der Waals surface area contributed by atoms with Gasteiger partial charge in [-0.3, -0.25) is 4.79 Å². The Morgan fingerprint density at radius 3 is 2.73 bits per heavy atom. The van der Waals surface area contributed by atoms with Gasteiger partial charge in [0.05, 0.1) is 12.0 Å². The number of nitrogens with zero attached hydrogens (tertiary/aromatic N) is 1. The van der Waals surface area contributed by atoms with Gasteiger partial charge >= 0.3 is 0 Å². The highest BCUT2D eigenvalue weighted by Gasteiger charge is 2.40. The minimum atomic E-state index is -0.537. The van der Waals surface area contributed by atoms with E-state index in [1.165, 1.54) is 6.07 Å². The summed E-state index contributed by atoms with van der Waals surface area (Å²) in [6, 6.07) is 6.22. The predicted octanol–water partition coefficient (Wildman–Crippen LogP) is 1.42. The zero-order valence-corrected chi connectivity index (χ0v) is 12.9. The second-order valence-corrected chi connectivity index (χ2v) is 5.60. The SMILES string of the molecule is CN(CCOc1ccccc1F)C(=O)C1(CN)CCOCC1. The number of nitrogens with two attached hydrogens (primary N) is 1. The summed E-state index contributed by atoms with van der Waals surface area (Å²) in [5.41, 5.74) is 5.30. The molecule has 0 saturated carbocycles. The number of likely N-dealkylation sites (N-methyl/N-ethyl adjacent to an activating group) is 1. The van der Waals surface area contributed by atoms with Gasteiger partial charge in [-0.15, -0.1) is 0 Å². The Morgan fingerprint density at radius 2 is 2.09 bits per heavy atom. The molecule has 0 spiro atoms. The van der Waals surface area contributed by atoms with Crippen molar-refractivity contribution in [3.8, 4) is 5.75 Å². The van der Waals surface area contributed by atoms with Gasteiger partial charge in [0, 0.05) is 26.8 Å². The lowest BCUT2D eigenvalue weighted by Gasteiger charge is -2.37. The first-order valence-corrected chi connectivity index (χ1v) is 7.50. The largest absolute Gasteiger partial charge is 0.489 e. The number of benzene rings is 1. The van der Waals surface area contributed by atoms with Gasteiger partial charge in [-0.1, -0.05) is 12.1 Å². The van der Waals surface area contributed by atoms with Gasteiger partial charge in [0.15, 0.2) is 11.6 Å². The highest BCUT2D eigenvalue weighted by molar-refractivity contribution is 5.83. The van der Waals surface area contributed by atoms with E-state index in [4.69, 9.17) is 15.2 Å². The van der Waals surface area contributed by atoms with Crippen LogP contribution in [0.2, 0.25) is 0 Å². The fourth-order valence-corrected chi connectivity index (χ4v) is 2.63. The normalized spacial score (nSPS) is 17.0. The van der Waals surface area contributed by atoms with Crippen molar-refractivity contribution in [2.45, 2.75) is 12.8 Å². The first kappa shape index (κ1) is 16.7. The van der Waals surface area contributed by atoms with E-state index in [1.807, 2.05) is 0 Å². The molecule has 0 unspecified atom stereocenters. The third-order valence-corrected chi connectivity index (χ3v) is 4.16. The first-order chi connectivity index (χ1) is 10.6. The number of carbonyl (C=O) groups excluding carboxylic acids is 1. The lowest BCUT2D eigenvalue weighted by atomic mass is 9.79. The molecule has 0 aliphatic carbocycles. The highest BCUT2D eigenvalue weighted by atomic mass is 19.1. The van der Waals surface area contributed by atoms with E-state index in [1.54, 1.807) is 30.1 Å². The zero-order chi connectivity index (χ0) is 16.0. The topological polar surface area (TPSA) is 64.8 Å². The molecule has 2 N–H and O–H groups in total. The monoisotopic (exact) mass is 310 g/mol. The lowest BCUT2D eigenvalue weighted by Crippen LogP contribution is -2.50. The molecule has 22 heavy (non-hydrogen) atoms. The summed E-state index contributed by atoms with van der Waals surface area (Å²) in [5.74, 6) is -0.197. The van der Waals surface area contributed by atoms with Crippen LogP contribution in [0.1, 0.15) is 12.8 Å². The molecule has 6 heteroatoms. The van der Waals surface area contributed by atoms with Crippen molar-refractivity contribution in [2.24, 2.45) is 11.1 Å². The Labute approximate surface area is 130 Å². The molecule has 1 fully saturated rings. The summed E-state index contributed by atoms with van der Waals surface area (Å²) in [4.78, 5) is 14.2. The van der Waals surface area contributed by atoms with Crippen LogP contribution in [0.15, 0.2) is 24.3 Å². The van der Waals surface area contributed by atoms with Crippen LogP contribution in [-0.2, 0) is 9.53 Å². The average molecular weight is 310 g/mol. The molecule has 0 aromatic heterocycles. The first-order valence-electron chi connectivity index (χ1n) is 7.50. The number of amides is 1. The molecule has 0 atom stereocenters. The molecule has 5 nitrogen and oxygen atoms in total. The fourth-order valence-electron chi connectivity index (χ4n) is 2.63. The molecule has 1 aliphatic heterocycles. The minimum Gasteiger partial charge on any atom is -0.489 e. The maximum atomic E-state index is 13.4. The number of ether oxygens (including phenoxy) is 2. The Bertz CT molecular complexity index is 504. The molecule has 1 amide bonds. The average Bonchev–Trinajstić information content (AvgIpc) is 2.56. The maximum Gasteiger partial charge on any atom is 0.230 e. The summed E-state index contributed by atoms with van der Waals surface area (Å²) < 4.78 is 24.1. The number of rotatable bonds is 6. The number of hydrogen-bond donors (Lipinski definition) is 1. The smallest absolute Gasteiger partial charge is 0.230 e. The van der Waals surface area contributed by atoms with E-state index in [-0.39, 0.29) is 18.3 Å². The van der Waals surface area contributed by atoms with Gasteiger partial charge in [-0.25, -0.2) is 4.39 Å². The van der Waals surface area contributed by atoms with Crippen molar-refractivity contribution in [1.82, 2.24) is 4.90 Å². The predicted molar refractivity (Wildman–Crippen MR) is 81.1 cm³/mol. The van der Waals surface area contributed by atoms with Crippen molar-refractivity contribution in [3.05, 3.63) is 30.1 Å². The second kappa shape index (κ2) is 7.56. The zero-order valence-electron chi connectivity index (χ0n) is 12.9. The Morgan fingerprint density at radius 1 is 1.41 bits per heavy atom. The lowest BCUT2D eigenvalue weighted by molar-refractivity contribution is -0.146. The van der Waals surface area contributed by atoms with E-state index < -0.39 is 11.2 Å². The maximum absolute atomic E-state index is 13.4. The van der Waals surface area contributed by atoms with Crippen LogP contribution in [-0.4, -0.2) is 50.8 Å². The van der Waals surface area contributed by atoms with E-state index in [9.17, 15) is 9.18 Å². The van der Waals surface area contributed by atoms with Crippen molar-refractivity contribution in [1.29, 1.82) is 0 Å². The Balaban J connectivity index is 1.87. The quantitative estimate of drug-likeness (QED) is 0.863. The van der Waals surface area contributed by atoms with Gasteiger partial charge in [0.2, 0.25) is 5.91 Å². The molecule has 1 saturated heterocycles. The van der Waals surface area contributed by atoms with Crippen molar-refractivity contribution >= 4 is 5.91 Å². The van der Waals surface area contributed by atoms with Crippen LogP contribution in [0.3, 0.4) is 0 Å². The molecular formula is C16H23FN2O3. The van der Waals surface area contributed by atoms with Crippen LogP contribution in [0.25, 0.3) is 0 Å². The summed E-state index contributed by atoms with van der Waals surface area (Å²) in [6.45, 7) is 2.05. The van der Waals surface area contributed by atoms with E-state index in [0.717, 1.165) is 0 Å². The van der Waals surface area contributed by atoms with Gasteiger partial charge in [0.1, 0.15) is 6.61 Å². The number of carbonyl (C=O) groups is 1. The number of para-hydroxylation sites is 1. The Hall–Kier alpha value is -1.66. The second-order valence-electron chi connectivity index (χ2n) is 5.60. The fraction of sp³-hybridized carbons (Fsp3) is 0.562. The van der Waals surface area contributed by atoms with E-state index in [0.29, 0.717) is 39.1 Å². The summed E-state index contributed by atoms with van der Waals surface area (Å²) in [7, 11) is 1.72. The molecule has 2 rings (SSSR count). The van der Waals surface area contributed by atoms with Crippen LogP contribution in [0, 0.1) is 11.2 Å². The summed E-state index contributed by atoms with van der Waals surface area (Å²) in [6.07, 6.45) is 1.28. The van der Waals surface area contributed by atoms with Crippen LogP contribution < -0.4 is 10.5 Å². The van der Waals surface area contributed by atoms with E-state index >= 15 is 0 Å². The van der Waals surface area contributed by atoms with Crippen LogP contribution in [0.5, 0.6) is 5.75 Å². The number of halogens is 1. The van der Waals surface area contributed by atoms with Crippen molar-refractivity contribution < 1.29 is 18.7 Å². The van der Waals surface area contributed by atoms with Gasteiger partial charge in [0.25, 0.3) is 0 Å². The standard InChI is InChI=1S/C16H23FN2O3/c1-19(8-11-22-14-5-3-2-4-13(14)17)15(20)16(12-18)6-9-21-10-7-16/h2-5H,6-12,18H2,1H3. The van der Waals surface area contributed by atoms with Crippen molar-refractivity contribution in [3.63, 3.8) is 0 Å². The van der Waals surface area contributed by atoms with Crippen molar-refractivity contribution in [2.75, 3.05) is 40.0 Å². The molecule has 1 heterocycles. The molecule has 122 valence electrons. The molecule has 0 bridgehead atoms. The van der Waals surface area contributed by atoms with Gasteiger partial charge < -0.3 is 20.1 Å². The van der Waals surface area contributed by atoms with Crippen LogP contribution in [0.4, 0.5) is 4.39 Å². The molecule has 1 aliphatic rings. The summed E-state index contributed by atoms with van der Waals surface area (Å²) in [5, 5.41) is 0. The van der Waals surface area contributed by atoms with Gasteiger partial charge in [-0.05, 0) is 25.0 Å². The molecule has 0 radical (unpaired) electrons. The number of hydrogen-bond acceptors (Lipinski definition) is 4. The third-order valence-electron chi connectivity index (χ3n) is 4.16. The Kier molecular flexibility index (Phi) is 5.74. The minimum absolute atomic E-state index is 0.00966. The highest BCUT2D eigenvalue weighted by Crippen LogP contribution is 2.31.